The molecule has 3 N–H and O–H groups in total. The zero-order valence-electron chi connectivity index (χ0n) is 29.0. The molecule has 2 heterocycles. The summed E-state index contributed by atoms with van der Waals surface area (Å²) in [5, 5.41) is 12.7. The molecular formula is C40H43N5O5S. The van der Waals surface area contributed by atoms with Gasteiger partial charge in [0.1, 0.15) is 5.75 Å². The van der Waals surface area contributed by atoms with E-state index in [1.54, 1.807) is 18.2 Å². The monoisotopic (exact) mass is 705 g/mol. The first kappa shape index (κ1) is 35.6. The molecule has 2 amide bonds. The summed E-state index contributed by atoms with van der Waals surface area (Å²) < 4.78 is 30.8. The molecule has 4 aromatic carbocycles. The number of aromatic nitrogens is 2. The lowest BCUT2D eigenvalue weighted by Gasteiger charge is -2.31. The van der Waals surface area contributed by atoms with E-state index in [2.05, 4.69) is 36.4 Å². The third-order valence-electron chi connectivity index (χ3n) is 9.33. The molecule has 264 valence electrons. The summed E-state index contributed by atoms with van der Waals surface area (Å²) in [7, 11) is -3.74. The van der Waals surface area contributed by atoms with Crippen LogP contribution in [0.3, 0.4) is 0 Å². The van der Waals surface area contributed by atoms with Crippen molar-refractivity contribution in [1.29, 1.82) is 0 Å². The summed E-state index contributed by atoms with van der Waals surface area (Å²) in [6, 6.07) is 25.9. The normalized spacial score (nSPS) is 12.7. The lowest BCUT2D eigenvalue weighted by Crippen LogP contribution is -2.35. The van der Waals surface area contributed by atoms with Crippen LogP contribution < -0.4 is 20.1 Å². The van der Waals surface area contributed by atoms with Crippen molar-refractivity contribution in [2.75, 3.05) is 24.6 Å². The average Bonchev–Trinajstić information content (AvgIpc) is 3.59. The minimum absolute atomic E-state index is 0.0558. The molecule has 0 saturated carbocycles. The molecule has 0 atom stereocenters. The molecule has 10 nitrogen and oxygen atoms in total. The lowest BCUT2D eigenvalue weighted by molar-refractivity contribution is -0.118. The number of sulfonamides is 1. The highest BCUT2D eigenvalue weighted by Gasteiger charge is 2.25. The van der Waals surface area contributed by atoms with E-state index in [4.69, 9.17) is 9.88 Å². The maximum Gasteiger partial charge on any atom is 0.251 e. The number of nitrogens with zero attached hydrogens (tertiary/aromatic N) is 3. The number of aryl methyl sites for hydroxylation is 1. The average molecular weight is 706 g/mol. The molecule has 5 aromatic rings. The van der Waals surface area contributed by atoms with Gasteiger partial charge in [0.25, 0.3) is 5.91 Å². The molecule has 0 fully saturated rings. The maximum atomic E-state index is 13.4. The highest BCUT2D eigenvalue weighted by molar-refractivity contribution is 7.89. The van der Waals surface area contributed by atoms with Gasteiger partial charge in [-0.3, -0.25) is 14.3 Å². The van der Waals surface area contributed by atoms with Crippen molar-refractivity contribution in [3.8, 4) is 16.9 Å². The highest BCUT2D eigenvalue weighted by atomic mass is 32.2. The van der Waals surface area contributed by atoms with Gasteiger partial charge in [0.2, 0.25) is 15.9 Å². The van der Waals surface area contributed by atoms with Gasteiger partial charge in [0, 0.05) is 42.5 Å². The molecule has 0 radical (unpaired) electrons. The Kier molecular flexibility index (Phi) is 11.0. The first-order valence-electron chi connectivity index (χ1n) is 17.2. The first-order chi connectivity index (χ1) is 24.6. The Labute approximate surface area is 299 Å². The predicted molar refractivity (Wildman–Crippen MR) is 198 cm³/mol. The first-order valence-corrected chi connectivity index (χ1v) is 18.7. The van der Waals surface area contributed by atoms with Gasteiger partial charge in [-0.2, -0.15) is 5.10 Å². The fourth-order valence-electron chi connectivity index (χ4n) is 6.43. The predicted octanol–water partition coefficient (Wildman–Crippen LogP) is 5.97. The number of carbonyl (C=O) groups excluding carboxylic acids is 2. The van der Waals surface area contributed by atoms with Gasteiger partial charge in [0.05, 0.1) is 24.2 Å². The van der Waals surface area contributed by atoms with Crippen LogP contribution in [-0.2, 0) is 34.2 Å². The van der Waals surface area contributed by atoms with Crippen LogP contribution in [0.15, 0.2) is 102 Å². The second kappa shape index (κ2) is 15.7. The van der Waals surface area contributed by atoms with Crippen LogP contribution in [0.5, 0.6) is 5.75 Å². The number of fused-ring (bicyclic) bond motifs is 1. The summed E-state index contributed by atoms with van der Waals surface area (Å²) in [5.41, 5.74) is 8.86. The summed E-state index contributed by atoms with van der Waals surface area (Å²) in [6.45, 7) is 6.19. The smallest absolute Gasteiger partial charge is 0.251 e. The minimum atomic E-state index is -3.74. The molecular weight excluding hydrogens is 663 g/mol. The number of nitrogens with one attached hydrogen (secondary N) is 1. The van der Waals surface area contributed by atoms with Gasteiger partial charge in [-0.25, -0.2) is 13.6 Å². The molecule has 1 aromatic heterocycles. The van der Waals surface area contributed by atoms with Gasteiger partial charge in [0.15, 0.2) is 0 Å². The van der Waals surface area contributed by atoms with E-state index in [1.165, 1.54) is 17.7 Å². The topological polar surface area (TPSA) is 137 Å². The number of hydrogen-bond acceptors (Lipinski definition) is 6. The summed E-state index contributed by atoms with van der Waals surface area (Å²) in [6.07, 6.45) is 7.25. The van der Waals surface area contributed by atoms with E-state index in [0.29, 0.717) is 51.1 Å². The molecule has 0 spiro atoms. The molecule has 51 heavy (non-hydrogen) atoms. The fourth-order valence-corrected chi connectivity index (χ4v) is 6.95. The molecule has 6 rings (SSSR count). The van der Waals surface area contributed by atoms with Gasteiger partial charge >= 0.3 is 0 Å². The number of amides is 2. The molecule has 11 heteroatoms. The van der Waals surface area contributed by atoms with Crippen molar-refractivity contribution in [1.82, 2.24) is 15.1 Å². The van der Waals surface area contributed by atoms with Crippen LogP contribution in [0.1, 0.15) is 57.4 Å². The molecule has 0 bridgehead atoms. The Morgan fingerprint density at radius 3 is 2.55 bits per heavy atom. The highest BCUT2D eigenvalue weighted by Crippen LogP contribution is 2.36. The Morgan fingerprint density at radius 1 is 0.961 bits per heavy atom. The number of hydrogen-bond donors (Lipinski definition) is 2. The number of nitrogens with two attached hydrogens (primary N) is 1. The number of rotatable bonds is 13. The number of primary sulfonamides is 1. The van der Waals surface area contributed by atoms with E-state index < -0.39 is 10.0 Å². The second-order valence-electron chi connectivity index (χ2n) is 12.9. The van der Waals surface area contributed by atoms with Crippen LogP contribution >= 0.6 is 0 Å². The zero-order chi connectivity index (χ0) is 36.0. The molecule has 1 aliphatic heterocycles. The van der Waals surface area contributed by atoms with E-state index in [9.17, 15) is 18.0 Å². The quantitative estimate of drug-likeness (QED) is 0.145. The second-order valence-corrected chi connectivity index (χ2v) is 14.5. The summed E-state index contributed by atoms with van der Waals surface area (Å²) >= 11 is 0. The van der Waals surface area contributed by atoms with Crippen LogP contribution in [0, 0.1) is 13.8 Å². The summed E-state index contributed by atoms with van der Waals surface area (Å²) in [5.74, 6) is 0.787. The van der Waals surface area contributed by atoms with Crippen molar-refractivity contribution < 1.29 is 22.7 Å². The van der Waals surface area contributed by atoms with Crippen molar-refractivity contribution in [2.45, 2.75) is 57.4 Å². The van der Waals surface area contributed by atoms with Gasteiger partial charge < -0.3 is 15.0 Å². The van der Waals surface area contributed by atoms with Crippen LogP contribution in [0.2, 0.25) is 0 Å². The molecule has 0 aliphatic carbocycles. The van der Waals surface area contributed by atoms with Crippen molar-refractivity contribution in [2.24, 2.45) is 5.14 Å². The van der Waals surface area contributed by atoms with E-state index in [1.807, 2.05) is 64.4 Å². The molecule has 0 unspecified atom stereocenters. The van der Waals surface area contributed by atoms with Crippen molar-refractivity contribution >= 4 is 27.5 Å². The Balaban J connectivity index is 1.05. The van der Waals surface area contributed by atoms with Crippen LogP contribution in [-0.4, -0.2) is 49.7 Å². The fraction of sp³-hybridized carbons (Fsp3) is 0.275. The van der Waals surface area contributed by atoms with E-state index >= 15 is 0 Å². The summed E-state index contributed by atoms with van der Waals surface area (Å²) in [4.78, 5) is 28.3. The zero-order valence-corrected chi connectivity index (χ0v) is 29.8. The van der Waals surface area contributed by atoms with Crippen LogP contribution in [0.4, 0.5) is 5.69 Å². The Bertz CT molecular complexity index is 2140. The third kappa shape index (κ3) is 8.73. The lowest BCUT2D eigenvalue weighted by atomic mass is 9.93. The number of carbonyl (C=O) groups is 2. The third-order valence-corrected chi connectivity index (χ3v) is 10.3. The van der Waals surface area contributed by atoms with Crippen LogP contribution in [0.25, 0.3) is 11.1 Å². The number of ether oxygens (including phenoxy) is 1. The van der Waals surface area contributed by atoms with Gasteiger partial charge in [-0.15, -0.1) is 0 Å². The molecule has 1 aliphatic rings. The van der Waals surface area contributed by atoms with Crippen molar-refractivity contribution in [3.63, 3.8) is 0 Å². The SMILES string of the molecule is Cc1cccc(OCCCC(=O)N2CCCc3c(-c4cnn(Cc5cccc(C(=O)NCCc6ccc(S(N)(=O)=O)cc6)c5)c4)cccc32)c1C. The van der Waals surface area contributed by atoms with E-state index in [-0.39, 0.29) is 16.7 Å². The maximum absolute atomic E-state index is 13.4. The minimum Gasteiger partial charge on any atom is -0.493 e. The largest absolute Gasteiger partial charge is 0.493 e. The number of benzene rings is 4. The van der Waals surface area contributed by atoms with E-state index in [0.717, 1.165) is 57.7 Å². The van der Waals surface area contributed by atoms with Gasteiger partial charge in [-0.1, -0.05) is 48.5 Å². The Morgan fingerprint density at radius 2 is 1.75 bits per heavy atom. The number of anilines is 1. The Hall–Kier alpha value is -5.26. The molecule has 0 saturated heterocycles. The van der Waals surface area contributed by atoms with Crippen molar-refractivity contribution in [3.05, 3.63) is 131 Å². The van der Waals surface area contributed by atoms with Gasteiger partial charge in [-0.05, 0) is 109 Å². The standard InChI is InChI=1S/C40H43N5O5S/c1-28-8-3-14-38(29(28)2)50-23-7-15-39(46)45-22-6-12-36-35(11-5-13-37(36)45)33-25-43-44(27-33)26-31-9-4-10-32(24-31)40(47)42-21-20-30-16-18-34(19-17-30)51(41,48)49/h3-5,8-11,13-14,16-19,24-25,27H,6-7,12,15,20-23,26H2,1-2H3,(H,42,47)(H2,41,48,49).